The van der Waals surface area contributed by atoms with Crippen LogP contribution in [0.4, 0.5) is 0 Å². The number of phenols is 2. The number of ether oxygens (including phenoxy) is 2. The van der Waals surface area contributed by atoms with Gasteiger partial charge in [0.25, 0.3) is 0 Å². The number of allylic oxidation sites excluding steroid dienone is 2. The molecule has 0 aliphatic carbocycles. The molecule has 0 radical (unpaired) electrons. The van der Waals surface area contributed by atoms with Crippen molar-refractivity contribution in [2.45, 2.75) is 6.42 Å². The van der Waals surface area contributed by atoms with Gasteiger partial charge in [0.2, 0.25) is 0 Å². The van der Waals surface area contributed by atoms with E-state index in [9.17, 15) is 10.2 Å². The molecule has 2 N–H and O–H groups in total. The first-order chi connectivity index (χ1) is 11.2. The number of aromatic hydroxyl groups is 2. The second-order valence-electron chi connectivity index (χ2n) is 4.84. The van der Waals surface area contributed by atoms with Gasteiger partial charge in [-0.2, -0.15) is 0 Å². The quantitative estimate of drug-likeness (QED) is 0.838. The van der Waals surface area contributed by atoms with E-state index in [2.05, 4.69) is 0 Å². The van der Waals surface area contributed by atoms with E-state index in [1.54, 1.807) is 12.1 Å². The average Bonchev–Trinajstić information content (AvgIpc) is 2.57. The van der Waals surface area contributed by atoms with E-state index in [4.69, 9.17) is 9.47 Å². The molecule has 4 heteroatoms. The number of para-hydroxylation sites is 2. The van der Waals surface area contributed by atoms with Gasteiger partial charge in [0.1, 0.15) is 0 Å². The summed E-state index contributed by atoms with van der Waals surface area (Å²) in [5.41, 5.74) is 1.39. The van der Waals surface area contributed by atoms with Crippen LogP contribution in [0, 0.1) is 0 Å². The molecule has 0 aromatic heterocycles. The summed E-state index contributed by atoms with van der Waals surface area (Å²) < 4.78 is 10.1. The second-order valence-corrected chi connectivity index (χ2v) is 4.84. The SMILES string of the molecule is COc1cccc(C=CCC=Cc2cccc(OC)c2O)c1O. The fourth-order valence-corrected chi connectivity index (χ4v) is 2.15. The normalized spacial score (nSPS) is 11.2. The first-order valence-electron chi connectivity index (χ1n) is 7.22. The van der Waals surface area contributed by atoms with Crippen LogP contribution in [0.2, 0.25) is 0 Å². The van der Waals surface area contributed by atoms with E-state index < -0.39 is 0 Å². The molecule has 0 atom stereocenters. The van der Waals surface area contributed by atoms with Gasteiger partial charge < -0.3 is 19.7 Å². The maximum Gasteiger partial charge on any atom is 0.165 e. The Labute approximate surface area is 135 Å². The predicted molar refractivity (Wildman–Crippen MR) is 92.0 cm³/mol. The molecule has 0 saturated carbocycles. The second kappa shape index (κ2) is 7.94. The molecular formula is C19H20O4. The Bertz CT molecular complexity index is 656. The molecular weight excluding hydrogens is 292 g/mol. The van der Waals surface area contributed by atoms with Gasteiger partial charge >= 0.3 is 0 Å². The van der Waals surface area contributed by atoms with Crippen LogP contribution in [0.5, 0.6) is 23.0 Å². The monoisotopic (exact) mass is 312 g/mol. The Morgan fingerprint density at radius 2 is 1.22 bits per heavy atom. The lowest BCUT2D eigenvalue weighted by Crippen LogP contribution is -1.85. The number of methoxy groups -OCH3 is 2. The minimum Gasteiger partial charge on any atom is -0.504 e. The third-order valence-electron chi connectivity index (χ3n) is 3.37. The standard InChI is InChI=1S/C19H20O4/c1-22-16-12-6-10-14(18(16)20)8-4-3-5-9-15-11-7-13-17(23-2)19(15)21/h4-13,20-21H,3H2,1-2H3. The third kappa shape index (κ3) is 4.07. The molecule has 0 saturated heterocycles. The van der Waals surface area contributed by atoms with Crippen molar-refractivity contribution in [3.05, 3.63) is 59.7 Å². The number of hydrogen-bond acceptors (Lipinski definition) is 4. The van der Waals surface area contributed by atoms with Gasteiger partial charge in [-0.1, -0.05) is 48.6 Å². The molecule has 4 nitrogen and oxygen atoms in total. The maximum atomic E-state index is 9.98. The summed E-state index contributed by atoms with van der Waals surface area (Å²) in [4.78, 5) is 0. The maximum absolute atomic E-state index is 9.98. The average molecular weight is 312 g/mol. The summed E-state index contributed by atoms with van der Waals surface area (Å²) in [5.74, 6) is 1.15. The first-order valence-corrected chi connectivity index (χ1v) is 7.22. The fourth-order valence-electron chi connectivity index (χ4n) is 2.15. The Morgan fingerprint density at radius 3 is 1.61 bits per heavy atom. The van der Waals surface area contributed by atoms with Gasteiger partial charge in [-0.15, -0.1) is 0 Å². The summed E-state index contributed by atoms with van der Waals surface area (Å²) in [6.07, 6.45) is 8.15. The number of rotatable bonds is 6. The highest BCUT2D eigenvalue weighted by molar-refractivity contribution is 5.63. The zero-order chi connectivity index (χ0) is 16.7. The van der Waals surface area contributed by atoms with Crippen molar-refractivity contribution in [1.82, 2.24) is 0 Å². The Hall–Kier alpha value is -2.88. The van der Waals surface area contributed by atoms with E-state index in [1.807, 2.05) is 48.6 Å². The summed E-state index contributed by atoms with van der Waals surface area (Å²) in [5, 5.41) is 20.0. The van der Waals surface area contributed by atoms with Crippen molar-refractivity contribution in [3.8, 4) is 23.0 Å². The van der Waals surface area contributed by atoms with E-state index in [0.29, 0.717) is 29.0 Å². The van der Waals surface area contributed by atoms with Crippen molar-refractivity contribution in [3.63, 3.8) is 0 Å². The van der Waals surface area contributed by atoms with Crippen LogP contribution in [-0.4, -0.2) is 24.4 Å². The van der Waals surface area contributed by atoms with Gasteiger partial charge in [0, 0.05) is 11.1 Å². The van der Waals surface area contributed by atoms with E-state index in [1.165, 1.54) is 14.2 Å². The van der Waals surface area contributed by atoms with Crippen LogP contribution >= 0.6 is 0 Å². The molecule has 2 rings (SSSR count). The number of phenolic OH excluding ortho intramolecular Hbond substituents is 2. The molecule has 0 heterocycles. The van der Waals surface area contributed by atoms with E-state index >= 15 is 0 Å². The lowest BCUT2D eigenvalue weighted by Gasteiger charge is -2.05. The highest BCUT2D eigenvalue weighted by Gasteiger charge is 2.04. The Balaban J connectivity index is 2.02. The summed E-state index contributed by atoms with van der Waals surface area (Å²) >= 11 is 0. The molecule has 120 valence electrons. The van der Waals surface area contributed by atoms with Crippen LogP contribution < -0.4 is 9.47 Å². The fraction of sp³-hybridized carbons (Fsp3) is 0.158. The van der Waals surface area contributed by atoms with Crippen LogP contribution in [0.3, 0.4) is 0 Å². The van der Waals surface area contributed by atoms with Crippen molar-refractivity contribution in [2.24, 2.45) is 0 Å². The molecule has 0 aliphatic rings. The minimum atomic E-state index is 0.126. The Kier molecular flexibility index (Phi) is 5.69. The molecule has 2 aromatic carbocycles. The van der Waals surface area contributed by atoms with Gasteiger partial charge in [0.15, 0.2) is 23.0 Å². The zero-order valence-electron chi connectivity index (χ0n) is 13.2. The van der Waals surface area contributed by atoms with Crippen LogP contribution in [-0.2, 0) is 0 Å². The molecule has 0 amide bonds. The van der Waals surface area contributed by atoms with Crippen molar-refractivity contribution >= 4 is 12.2 Å². The van der Waals surface area contributed by atoms with Gasteiger partial charge in [0.05, 0.1) is 14.2 Å². The zero-order valence-corrected chi connectivity index (χ0v) is 13.2. The molecule has 0 bridgehead atoms. The smallest absolute Gasteiger partial charge is 0.165 e. The molecule has 2 aromatic rings. The van der Waals surface area contributed by atoms with Gasteiger partial charge in [-0.3, -0.25) is 0 Å². The van der Waals surface area contributed by atoms with Crippen molar-refractivity contribution in [2.75, 3.05) is 14.2 Å². The molecule has 0 aliphatic heterocycles. The minimum absolute atomic E-state index is 0.126. The molecule has 0 fully saturated rings. The first kappa shape index (κ1) is 16.5. The summed E-state index contributed by atoms with van der Waals surface area (Å²) in [7, 11) is 3.04. The summed E-state index contributed by atoms with van der Waals surface area (Å²) in [6.45, 7) is 0. The molecule has 0 unspecified atom stereocenters. The summed E-state index contributed by atoms with van der Waals surface area (Å²) in [6, 6.07) is 10.7. The lowest BCUT2D eigenvalue weighted by atomic mass is 10.1. The van der Waals surface area contributed by atoms with E-state index in [0.717, 1.165) is 0 Å². The van der Waals surface area contributed by atoms with Crippen LogP contribution in [0.25, 0.3) is 12.2 Å². The number of hydrogen-bond donors (Lipinski definition) is 2. The largest absolute Gasteiger partial charge is 0.504 e. The topological polar surface area (TPSA) is 58.9 Å². The predicted octanol–water partition coefficient (Wildman–Crippen LogP) is 4.23. The van der Waals surface area contributed by atoms with Crippen molar-refractivity contribution in [1.29, 1.82) is 0 Å². The van der Waals surface area contributed by atoms with Gasteiger partial charge in [-0.25, -0.2) is 0 Å². The van der Waals surface area contributed by atoms with Gasteiger partial charge in [-0.05, 0) is 18.6 Å². The van der Waals surface area contributed by atoms with Crippen LogP contribution in [0.15, 0.2) is 48.6 Å². The Morgan fingerprint density at radius 1 is 0.783 bits per heavy atom. The van der Waals surface area contributed by atoms with Crippen molar-refractivity contribution < 1.29 is 19.7 Å². The lowest BCUT2D eigenvalue weighted by molar-refractivity contribution is 0.373. The molecule has 0 spiro atoms. The highest BCUT2D eigenvalue weighted by Crippen LogP contribution is 2.31. The molecule has 23 heavy (non-hydrogen) atoms. The third-order valence-corrected chi connectivity index (χ3v) is 3.37. The van der Waals surface area contributed by atoms with Crippen LogP contribution in [0.1, 0.15) is 17.5 Å². The van der Waals surface area contributed by atoms with E-state index in [-0.39, 0.29) is 11.5 Å². The highest BCUT2D eigenvalue weighted by atomic mass is 16.5. The number of benzene rings is 2.